The average Bonchev–Trinajstić information content (AvgIpc) is 3.06. The van der Waals surface area contributed by atoms with Crippen molar-refractivity contribution in [2.45, 2.75) is 43.6 Å². The maximum absolute atomic E-state index is 14.5. The Kier molecular flexibility index (Phi) is 7.03. The normalized spacial score (nSPS) is 19.8. The molecule has 2 rings (SSSR count). The molecule has 3 N–H and O–H groups in total. The highest BCUT2D eigenvalue weighted by atomic mass is 19.4. The number of likely N-dealkylation sites (tertiary alicyclic amines) is 1. The number of benzene rings is 1. The van der Waals surface area contributed by atoms with Crippen LogP contribution in [0.5, 0.6) is 0 Å². The number of carbonyl (C=O) groups excluding carboxylic acids is 2. The van der Waals surface area contributed by atoms with Crippen LogP contribution in [0, 0.1) is 5.82 Å². The van der Waals surface area contributed by atoms with Gasteiger partial charge in [0.05, 0.1) is 0 Å². The van der Waals surface area contributed by atoms with Gasteiger partial charge in [0.15, 0.2) is 0 Å². The van der Waals surface area contributed by atoms with E-state index in [1.165, 1.54) is 11.8 Å². The lowest BCUT2D eigenvalue weighted by atomic mass is 9.80. The molecule has 0 bridgehead atoms. The molecule has 1 aliphatic rings. The molecule has 0 aliphatic carbocycles. The van der Waals surface area contributed by atoms with Crippen LogP contribution in [0.3, 0.4) is 0 Å². The summed E-state index contributed by atoms with van der Waals surface area (Å²) in [5.74, 6) is -2.14. The molecule has 6 nitrogen and oxygen atoms in total. The Bertz CT molecular complexity index is 859. The Labute approximate surface area is 178 Å². The predicted molar refractivity (Wildman–Crippen MR) is 98.0 cm³/mol. The molecule has 1 heterocycles. The van der Waals surface area contributed by atoms with Crippen LogP contribution in [0.4, 0.5) is 35.5 Å². The lowest BCUT2D eigenvalue weighted by Crippen LogP contribution is -2.54. The first-order valence-corrected chi connectivity index (χ1v) is 9.46. The van der Waals surface area contributed by atoms with Gasteiger partial charge in [-0.2, -0.15) is 26.3 Å². The zero-order valence-electron chi connectivity index (χ0n) is 17.1. The molecular formula is C19H22F7N3O3. The summed E-state index contributed by atoms with van der Waals surface area (Å²) >= 11 is 0. The van der Waals surface area contributed by atoms with Gasteiger partial charge in [0.1, 0.15) is 5.82 Å². The van der Waals surface area contributed by atoms with E-state index in [1.54, 1.807) is 6.92 Å². The van der Waals surface area contributed by atoms with Crippen molar-refractivity contribution in [3.05, 3.63) is 35.1 Å². The summed E-state index contributed by atoms with van der Waals surface area (Å²) in [7, 11) is 0. The monoisotopic (exact) mass is 473 g/mol. The van der Waals surface area contributed by atoms with Gasteiger partial charge in [0.25, 0.3) is 5.60 Å². The number of urea groups is 1. The molecule has 3 amide bonds. The van der Waals surface area contributed by atoms with Crippen molar-refractivity contribution in [1.29, 1.82) is 0 Å². The Balaban J connectivity index is 2.21. The number of hydrogen-bond acceptors (Lipinski definition) is 3. The van der Waals surface area contributed by atoms with Crippen molar-refractivity contribution in [2.75, 3.05) is 26.2 Å². The van der Waals surface area contributed by atoms with Crippen LogP contribution in [0.15, 0.2) is 18.2 Å². The van der Waals surface area contributed by atoms with E-state index in [0.717, 1.165) is 6.07 Å². The average molecular weight is 473 g/mol. The molecule has 0 unspecified atom stereocenters. The molecule has 13 heteroatoms. The summed E-state index contributed by atoms with van der Waals surface area (Å²) < 4.78 is 92.7. The van der Waals surface area contributed by atoms with E-state index >= 15 is 0 Å². The lowest BCUT2D eigenvalue weighted by molar-refractivity contribution is -0.377. The smallest absolute Gasteiger partial charge is 0.369 e. The molecule has 1 aliphatic heterocycles. The molecule has 1 atom stereocenters. The molecule has 1 fully saturated rings. The Morgan fingerprint density at radius 3 is 2.16 bits per heavy atom. The second-order valence-electron chi connectivity index (χ2n) is 7.85. The van der Waals surface area contributed by atoms with Crippen LogP contribution in [-0.4, -0.2) is 60.5 Å². The first-order valence-electron chi connectivity index (χ1n) is 9.46. The molecule has 1 aromatic rings. The second-order valence-corrected chi connectivity index (χ2v) is 7.85. The van der Waals surface area contributed by atoms with Crippen molar-refractivity contribution in [3.8, 4) is 0 Å². The highest BCUT2D eigenvalue weighted by molar-refractivity contribution is 5.75. The van der Waals surface area contributed by atoms with Crippen molar-refractivity contribution in [3.63, 3.8) is 0 Å². The fourth-order valence-electron chi connectivity index (χ4n) is 3.54. The fourth-order valence-corrected chi connectivity index (χ4v) is 3.54. The van der Waals surface area contributed by atoms with E-state index in [2.05, 4.69) is 10.6 Å². The Morgan fingerprint density at radius 1 is 1.09 bits per heavy atom. The number of nitrogens with zero attached hydrogens (tertiary/aromatic N) is 1. The predicted octanol–water partition coefficient (Wildman–Crippen LogP) is 2.95. The van der Waals surface area contributed by atoms with Crippen molar-refractivity contribution in [1.82, 2.24) is 15.5 Å². The van der Waals surface area contributed by atoms with E-state index in [9.17, 15) is 45.4 Å². The quantitative estimate of drug-likeness (QED) is 0.455. The van der Waals surface area contributed by atoms with Gasteiger partial charge in [-0.3, -0.25) is 4.79 Å². The molecule has 0 aromatic heterocycles. The minimum atomic E-state index is -6.20. The number of amides is 3. The van der Waals surface area contributed by atoms with Crippen molar-refractivity contribution in [2.24, 2.45) is 0 Å². The second kappa shape index (κ2) is 8.75. The summed E-state index contributed by atoms with van der Waals surface area (Å²) in [6, 6.07) is 1.20. The molecule has 0 spiro atoms. The van der Waals surface area contributed by atoms with E-state index < -0.39 is 40.8 Å². The molecule has 32 heavy (non-hydrogen) atoms. The molecule has 0 saturated carbocycles. The minimum Gasteiger partial charge on any atom is -0.369 e. The Hall–Kier alpha value is -2.57. The number of aliphatic hydroxyl groups is 1. The van der Waals surface area contributed by atoms with E-state index in [0.29, 0.717) is 6.07 Å². The number of hydrogen-bond donors (Lipinski definition) is 3. The van der Waals surface area contributed by atoms with E-state index in [1.807, 2.05) is 0 Å². The maximum atomic E-state index is 14.5. The first-order chi connectivity index (χ1) is 14.5. The molecule has 0 radical (unpaired) electrons. The summed E-state index contributed by atoms with van der Waals surface area (Å²) in [6.07, 6.45) is -12.1. The number of halogens is 7. The third kappa shape index (κ3) is 4.92. The number of alkyl halides is 6. The van der Waals surface area contributed by atoms with Gasteiger partial charge in [-0.05, 0) is 18.1 Å². The van der Waals surface area contributed by atoms with Crippen molar-refractivity contribution >= 4 is 11.9 Å². The lowest BCUT2D eigenvalue weighted by Gasteiger charge is -2.33. The number of carbonyl (C=O) groups is 2. The van der Waals surface area contributed by atoms with Crippen LogP contribution in [0.25, 0.3) is 0 Å². The van der Waals surface area contributed by atoms with Gasteiger partial charge in [0, 0.05) is 44.1 Å². The SMILES string of the molecule is CC(=O)NCCNC(=O)N1CC[C@@](C)(c2ccc(C(O)(C(F)(F)F)C(F)(F)F)c(F)c2)C1. The van der Waals surface area contributed by atoms with Crippen LogP contribution in [0.1, 0.15) is 31.4 Å². The van der Waals surface area contributed by atoms with E-state index in [4.69, 9.17) is 0 Å². The van der Waals surface area contributed by atoms with Crippen LogP contribution >= 0.6 is 0 Å². The molecule has 1 saturated heterocycles. The number of nitrogens with one attached hydrogen (secondary N) is 2. The third-order valence-corrected chi connectivity index (χ3v) is 5.41. The molecule has 180 valence electrons. The summed E-state index contributed by atoms with van der Waals surface area (Å²) in [5.41, 5.74) is -8.17. The van der Waals surface area contributed by atoms with Gasteiger partial charge >= 0.3 is 18.4 Å². The largest absolute Gasteiger partial charge is 0.430 e. The van der Waals surface area contributed by atoms with Gasteiger partial charge < -0.3 is 20.6 Å². The molecular weight excluding hydrogens is 451 g/mol. The standard InChI is InChI=1S/C19H22F7N3O3/c1-11(30)27-6-7-28-15(31)29-8-5-16(2,10-29)12-3-4-13(14(20)9-12)17(32,18(21,22)23)19(24,25)26/h3-4,9,32H,5-8,10H2,1-2H3,(H,27,30)(H,28,31)/t16-/m1/s1. The van der Waals surface area contributed by atoms with Crippen LogP contribution in [0.2, 0.25) is 0 Å². The van der Waals surface area contributed by atoms with Gasteiger partial charge in [0.2, 0.25) is 5.91 Å². The number of rotatable bonds is 5. The third-order valence-electron chi connectivity index (χ3n) is 5.41. The summed E-state index contributed by atoms with van der Waals surface area (Å²) in [4.78, 5) is 24.4. The van der Waals surface area contributed by atoms with E-state index in [-0.39, 0.29) is 50.1 Å². The van der Waals surface area contributed by atoms with Gasteiger partial charge in [-0.15, -0.1) is 0 Å². The topological polar surface area (TPSA) is 81.7 Å². The van der Waals surface area contributed by atoms with Crippen LogP contribution in [-0.2, 0) is 15.8 Å². The summed E-state index contributed by atoms with van der Waals surface area (Å²) in [6.45, 7) is 3.47. The minimum absolute atomic E-state index is 0.0283. The van der Waals surface area contributed by atoms with Gasteiger partial charge in [-0.1, -0.05) is 19.1 Å². The maximum Gasteiger partial charge on any atom is 0.430 e. The Morgan fingerprint density at radius 2 is 1.66 bits per heavy atom. The molecule has 1 aromatic carbocycles. The highest BCUT2D eigenvalue weighted by Gasteiger charge is 2.72. The van der Waals surface area contributed by atoms with Crippen molar-refractivity contribution < 1.29 is 45.4 Å². The fraction of sp³-hybridized carbons (Fsp3) is 0.579. The zero-order chi connectivity index (χ0) is 24.5. The van der Waals surface area contributed by atoms with Crippen LogP contribution < -0.4 is 10.6 Å². The zero-order valence-corrected chi connectivity index (χ0v) is 17.1. The van der Waals surface area contributed by atoms with Gasteiger partial charge in [-0.25, -0.2) is 9.18 Å². The first kappa shape index (κ1) is 25.7. The summed E-state index contributed by atoms with van der Waals surface area (Å²) in [5, 5.41) is 14.5. The highest BCUT2D eigenvalue weighted by Crippen LogP contribution is 2.51.